The zero-order chi connectivity index (χ0) is 18.8. The average molecular weight is 371 g/mol. The maximum Gasteiger partial charge on any atom is 0.223 e. The van der Waals surface area contributed by atoms with Crippen LogP contribution in [0.4, 0.5) is 8.78 Å². The van der Waals surface area contributed by atoms with Crippen molar-refractivity contribution in [3.05, 3.63) is 65.9 Å². The molecule has 1 saturated heterocycles. The van der Waals surface area contributed by atoms with E-state index in [0.29, 0.717) is 0 Å². The largest absolute Gasteiger partial charge is 0.441 e. The molecule has 1 N–H and O–H groups in total. The van der Waals surface area contributed by atoms with Crippen molar-refractivity contribution in [3.63, 3.8) is 0 Å². The number of likely N-dealkylation sites (tertiary alicyclic amines) is 1. The number of halogens is 2. The van der Waals surface area contributed by atoms with Gasteiger partial charge < -0.3 is 14.3 Å². The van der Waals surface area contributed by atoms with Crippen molar-refractivity contribution in [2.75, 3.05) is 6.54 Å². The highest BCUT2D eigenvalue weighted by molar-refractivity contribution is 5.77. The normalized spacial score (nSPS) is 16.8. The van der Waals surface area contributed by atoms with E-state index in [9.17, 15) is 13.6 Å². The van der Waals surface area contributed by atoms with Gasteiger partial charge in [-0.3, -0.25) is 4.79 Å². The second-order valence-corrected chi connectivity index (χ2v) is 6.59. The zero-order valence-electron chi connectivity index (χ0n) is 14.6. The van der Waals surface area contributed by atoms with Crippen LogP contribution >= 0.6 is 0 Å². The molecule has 4 rings (SSSR count). The molecule has 5 nitrogen and oxygen atoms in total. The van der Waals surface area contributed by atoms with E-state index >= 15 is 0 Å². The van der Waals surface area contributed by atoms with Gasteiger partial charge >= 0.3 is 0 Å². The molecule has 1 atom stereocenters. The van der Waals surface area contributed by atoms with Crippen LogP contribution in [-0.4, -0.2) is 27.3 Å². The second-order valence-electron chi connectivity index (χ2n) is 6.59. The lowest BCUT2D eigenvalue weighted by atomic mass is 10.1. The molecule has 27 heavy (non-hydrogen) atoms. The summed E-state index contributed by atoms with van der Waals surface area (Å²) in [5, 5.41) is 0. The van der Waals surface area contributed by atoms with Crippen LogP contribution in [0.5, 0.6) is 0 Å². The van der Waals surface area contributed by atoms with Crippen molar-refractivity contribution in [2.24, 2.45) is 0 Å². The van der Waals surface area contributed by atoms with Gasteiger partial charge in [0.2, 0.25) is 5.91 Å². The first-order chi connectivity index (χ1) is 13.1. The number of carbonyl (C=O) groups excluding carboxylic acids is 1. The predicted molar refractivity (Wildman–Crippen MR) is 94.7 cm³/mol. The van der Waals surface area contributed by atoms with Crippen LogP contribution in [0.1, 0.15) is 36.9 Å². The molecular weight excluding hydrogens is 352 g/mol. The minimum atomic E-state index is -0.709. The lowest BCUT2D eigenvalue weighted by Gasteiger charge is -2.23. The van der Waals surface area contributed by atoms with Crippen LogP contribution in [0.3, 0.4) is 0 Å². The standard InChI is InChI=1S/C20H19F2N3O2/c21-13-4-1-5-14(22)20(13)17-12-24-18(27-17)8-9-19(26)25-11-3-7-16(25)15-6-2-10-23-15/h1-2,4-6,10,12,16,23H,3,7-9,11H2/t16-/m1/s1. The van der Waals surface area contributed by atoms with Gasteiger partial charge in [0.15, 0.2) is 11.7 Å². The molecule has 0 aliphatic carbocycles. The lowest BCUT2D eigenvalue weighted by molar-refractivity contribution is -0.132. The third-order valence-electron chi connectivity index (χ3n) is 4.87. The van der Waals surface area contributed by atoms with E-state index < -0.39 is 11.6 Å². The summed E-state index contributed by atoms with van der Waals surface area (Å²) in [6.45, 7) is 0.722. The molecule has 0 radical (unpaired) electrons. The number of nitrogens with zero attached hydrogens (tertiary/aromatic N) is 2. The highest BCUT2D eigenvalue weighted by atomic mass is 19.1. The summed E-state index contributed by atoms with van der Waals surface area (Å²) in [5.74, 6) is -1.08. The third-order valence-corrected chi connectivity index (χ3v) is 4.87. The fraction of sp³-hybridized carbons (Fsp3) is 0.300. The maximum atomic E-state index is 13.8. The van der Waals surface area contributed by atoms with Crippen molar-refractivity contribution in [1.82, 2.24) is 14.9 Å². The number of aryl methyl sites for hydroxylation is 1. The van der Waals surface area contributed by atoms with Crippen molar-refractivity contribution >= 4 is 5.91 Å². The number of aromatic nitrogens is 2. The maximum absolute atomic E-state index is 13.8. The molecular formula is C20H19F2N3O2. The van der Waals surface area contributed by atoms with E-state index in [2.05, 4.69) is 9.97 Å². The van der Waals surface area contributed by atoms with Gasteiger partial charge in [-0.05, 0) is 37.1 Å². The predicted octanol–water partition coefficient (Wildman–Crippen LogP) is 4.24. The van der Waals surface area contributed by atoms with E-state index in [1.54, 1.807) is 0 Å². The van der Waals surface area contributed by atoms with Gasteiger partial charge in [0.1, 0.15) is 11.6 Å². The first-order valence-electron chi connectivity index (χ1n) is 8.95. The number of benzene rings is 1. The molecule has 2 aromatic heterocycles. The monoisotopic (exact) mass is 371 g/mol. The summed E-state index contributed by atoms with van der Waals surface area (Å²) in [5.41, 5.74) is 0.795. The molecule has 0 unspecified atom stereocenters. The molecule has 1 fully saturated rings. The van der Waals surface area contributed by atoms with E-state index in [-0.39, 0.29) is 42.0 Å². The molecule has 0 bridgehead atoms. The van der Waals surface area contributed by atoms with E-state index in [1.165, 1.54) is 12.3 Å². The Hall–Kier alpha value is -2.96. The van der Waals surface area contributed by atoms with Crippen LogP contribution in [0.25, 0.3) is 11.3 Å². The number of hydrogen-bond acceptors (Lipinski definition) is 3. The van der Waals surface area contributed by atoms with Gasteiger partial charge in [-0.15, -0.1) is 0 Å². The number of hydrogen-bond donors (Lipinski definition) is 1. The molecule has 0 saturated carbocycles. The van der Waals surface area contributed by atoms with Crippen LogP contribution in [-0.2, 0) is 11.2 Å². The Kier molecular flexibility index (Phi) is 4.75. The van der Waals surface area contributed by atoms with Gasteiger partial charge in [-0.1, -0.05) is 6.07 Å². The van der Waals surface area contributed by atoms with Crippen molar-refractivity contribution in [1.29, 1.82) is 0 Å². The van der Waals surface area contributed by atoms with E-state index in [1.807, 2.05) is 23.2 Å². The molecule has 1 aromatic carbocycles. The summed E-state index contributed by atoms with van der Waals surface area (Å²) in [7, 11) is 0. The number of nitrogens with one attached hydrogen (secondary N) is 1. The summed E-state index contributed by atoms with van der Waals surface area (Å²) >= 11 is 0. The Balaban J connectivity index is 1.42. The second kappa shape index (κ2) is 7.34. The average Bonchev–Trinajstić information content (AvgIpc) is 3.39. The fourth-order valence-electron chi connectivity index (χ4n) is 3.57. The topological polar surface area (TPSA) is 62.1 Å². The fourth-order valence-corrected chi connectivity index (χ4v) is 3.57. The highest BCUT2D eigenvalue weighted by Crippen LogP contribution is 2.32. The number of amides is 1. The molecule has 140 valence electrons. The molecule has 7 heteroatoms. The summed E-state index contributed by atoms with van der Waals surface area (Å²) in [4.78, 5) is 21.7. The minimum Gasteiger partial charge on any atom is -0.441 e. The Labute approximate surface area is 155 Å². The lowest BCUT2D eigenvalue weighted by Crippen LogP contribution is -2.30. The Morgan fingerprint density at radius 2 is 2.07 bits per heavy atom. The molecule has 0 spiro atoms. The number of carbonyl (C=O) groups is 1. The smallest absolute Gasteiger partial charge is 0.223 e. The summed E-state index contributed by atoms with van der Waals surface area (Å²) < 4.78 is 33.2. The van der Waals surface area contributed by atoms with Gasteiger partial charge in [0.25, 0.3) is 0 Å². The van der Waals surface area contributed by atoms with Gasteiger partial charge in [-0.25, -0.2) is 13.8 Å². The Bertz CT molecular complexity index is 916. The molecule has 1 aliphatic heterocycles. The summed E-state index contributed by atoms with van der Waals surface area (Å²) in [6.07, 6.45) is 5.55. The first kappa shape index (κ1) is 17.5. The number of H-pyrrole nitrogens is 1. The van der Waals surface area contributed by atoms with Crippen molar-refractivity contribution < 1.29 is 18.0 Å². The highest BCUT2D eigenvalue weighted by Gasteiger charge is 2.30. The Morgan fingerprint density at radius 1 is 1.26 bits per heavy atom. The van der Waals surface area contributed by atoms with Gasteiger partial charge in [-0.2, -0.15) is 0 Å². The van der Waals surface area contributed by atoms with Crippen LogP contribution in [0, 0.1) is 11.6 Å². The van der Waals surface area contributed by atoms with Crippen LogP contribution < -0.4 is 0 Å². The van der Waals surface area contributed by atoms with Crippen LogP contribution in [0.15, 0.2) is 47.1 Å². The molecule has 1 aliphatic rings. The van der Waals surface area contributed by atoms with Crippen molar-refractivity contribution in [2.45, 2.75) is 31.7 Å². The zero-order valence-corrected chi connectivity index (χ0v) is 14.6. The number of oxazole rings is 1. The summed E-state index contributed by atoms with van der Waals surface area (Å²) in [6, 6.07) is 7.60. The molecule has 3 aromatic rings. The van der Waals surface area contributed by atoms with Crippen molar-refractivity contribution in [3.8, 4) is 11.3 Å². The third kappa shape index (κ3) is 3.49. The quantitative estimate of drug-likeness (QED) is 0.730. The van der Waals surface area contributed by atoms with E-state index in [0.717, 1.165) is 37.2 Å². The minimum absolute atomic E-state index is 0.0175. The number of aromatic amines is 1. The number of rotatable bonds is 5. The first-order valence-corrected chi connectivity index (χ1v) is 8.95. The van der Waals surface area contributed by atoms with Gasteiger partial charge in [0.05, 0.1) is 17.8 Å². The van der Waals surface area contributed by atoms with Crippen LogP contribution in [0.2, 0.25) is 0 Å². The molecule has 3 heterocycles. The van der Waals surface area contributed by atoms with Gasteiger partial charge in [0, 0.05) is 31.3 Å². The molecule has 1 amide bonds. The SMILES string of the molecule is O=C(CCc1ncc(-c2c(F)cccc2F)o1)N1CCC[C@@H]1c1ccc[nH]1. The van der Waals surface area contributed by atoms with E-state index in [4.69, 9.17) is 4.42 Å². The Morgan fingerprint density at radius 3 is 2.81 bits per heavy atom.